The normalized spacial score (nSPS) is 11.0. The standard InChI is InChI=1S/C17H12F4N2O5/c18-13-5-4-12(8-14(13)23(26)27)22-15(24)9-28-16(25)7-10-2-1-3-11(6-10)17(19,20)21/h1-6,8H,7,9H2,(H,22,24). The van der Waals surface area contributed by atoms with E-state index in [1.54, 1.807) is 0 Å². The number of nitro groups is 1. The molecule has 2 aromatic rings. The summed E-state index contributed by atoms with van der Waals surface area (Å²) < 4.78 is 55.8. The third kappa shape index (κ3) is 5.76. The van der Waals surface area contributed by atoms with Gasteiger partial charge >= 0.3 is 17.8 Å². The second-order valence-electron chi connectivity index (χ2n) is 5.51. The molecule has 7 nitrogen and oxygen atoms in total. The molecular weight excluding hydrogens is 388 g/mol. The van der Waals surface area contributed by atoms with Gasteiger partial charge in [0, 0.05) is 11.8 Å². The number of carbonyl (C=O) groups excluding carboxylic acids is 2. The Morgan fingerprint density at radius 2 is 1.86 bits per heavy atom. The van der Waals surface area contributed by atoms with E-state index in [1.165, 1.54) is 6.07 Å². The van der Waals surface area contributed by atoms with Crippen LogP contribution >= 0.6 is 0 Å². The van der Waals surface area contributed by atoms with E-state index in [0.717, 1.165) is 36.4 Å². The highest BCUT2D eigenvalue weighted by Gasteiger charge is 2.30. The first kappa shape index (κ1) is 20.8. The zero-order valence-corrected chi connectivity index (χ0v) is 14.0. The van der Waals surface area contributed by atoms with Crippen LogP contribution in [0.15, 0.2) is 42.5 Å². The summed E-state index contributed by atoms with van der Waals surface area (Å²) in [4.78, 5) is 33.1. The van der Waals surface area contributed by atoms with Crippen LogP contribution in [0.5, 0.6) is 0 Å². The van der Waals surface area contributed by atoms with Crippen LogP contribution in [-0.2, 0) is 26.9 Å². The van der Waals surface area contributed by atoms with E-state index in [4.69, 9.17) is 0 Å². The first-order valence-electron chi connectivity index (χ1n) is 7.62. The predicted molar refractivity (Wildman–Crippen MR) is 87.8 cm³/mol. The summed E-state index contributed by atoms with van der Waals surface area (Å²) in [6.07, 6.45) is -5.04. The minimum absolute atomic E-state index is 0.0504. The van der Waals surface area contributed by atoms with Gasteiger partial charge in [-0.15, -0.1) is 0 Å². The molecule has 2 rings (SSSR count). The minimum atomic E-state index is -4.56. The van der Waals surface area contributed by atoms with Gasteiger partial charge in [-0.05, 0) is 23.8 Å². The van der Waals surface area contributed by atoms with Crippen molar-refractivity contribution >= 4 is 23.3 Å². The lowest BCUT2D eigenvalue weighted by Gasteiger charge is -2.09. The Balaban J connectivity index is 1.90. The number of carbonyl (C=O) groups is 2. The van der Waals surface area contributed by atoms with Crippen molar-refractivity contribution in [2.45, 2.75) is 12.6 Å². The van der Waals surface area contributed by atoms with Crippen LogP contribution in [0.3, 0.4) is 0 Å². The molecule has 0 saturated carbocycles. The Morgan fingerprint density at radius 3 is 2.50 bits per heavy atom. The summed E-state index contributed by atoms with van der Waals surface area (Å²) in [5.41, 5.74) is -1.81. The number of hydrogen-bond acceptors (Lipinski definition) is 5. The molecule has 0 unspecified atom stereocenters. The number of esters is 1. The van der Waals surface area contributed by atoms with Crippen molar-refractivity contribution in [2.24, 2.45) is 0 Å². The minimum Gasteiger partial charge on any atom is -0.455 e. The quantitative estimate of drug-likeness (QED) is 0.347. The predicted octanol–water partition coefficient (Wildman–Crippen LogP) is 3.48. The second kappa shape index (κ2) is 8.46. The maximum atomic E-state index is 13.2. The van der Waals surface area contributed by atoms with Crippen molar-refractivity contribution in [1.82, 2.24) is 0 Å². The number of rotatable bonds is 6. The van der Waals surface area contributed by atoms with Gasteiger partial charge in [0.2, 0.25) is 5.82 Å². The molecule has 0 aliphatic carbocycles. The average Bonchev–Trinajstić information content (AvgIpc) is 2.61. The maximum absolute atomic E-state index is 13.2. The van der Waals surface area contributed by atoms with Crippen LogP contribution in [0, 0.1) is 15.9 Å². The Labute approximate surface area is 155 Å². The number of hydrogen-bond donors (Lipinski definition) is 1. The van der Waals surface area contributed by atoms with Crippen molar-refractivity contribution in [1.29, 1.82) is 0 Å². The van der Waals surface area contributed by atoms with Crippen LogP contribution in [0.4, 0.5) is 28.9 Å². The van der Waals surface area contributed by atoms with E-state index >= 15 is 0 Å². The van der Waals surface area contributed by atoms with Gasteiger partial charge in [0.15, 0.2) is 6.61 Å². The smallest absolute Gasteiger partial charge is 0.416 e. The molecule has 0 heterocycles. The molecule has 2 aromatic carbocycles. The zero-order chi connectivity index (χ0) is 20.9. The Morgan fingerprint density at radius 1 is 1.14 bits per heavy atom. The summed E-state index contributed by atoms with van der Waals surface area (Å²) in [5.74, 6) is -2.90. The summed E-state index contributed by atoms with van der Waals surface area (Å²) in [7, 11) is 0. The topological polar surface area (TPSA) is 98.5 Å². The van der Waals surface area contributed by atoms with Crippen molar-refractivity contribution in [3.05, 3.63) is 69.5 Å². The monoisotopic (exact) mass is 400 g/mol. The largest absolute Gasteiger partial charge is 0.455 e. The lowest BCUT2D eigenvalue weighted by molar-refractivity contribution is -0.387. The SMILES string of the molecule is O=C(COC(=O)Cc1cccc(C(F)(F)F)c1)Nc1ccc(F)c([N+](=O)[O-])c1. The fourth-order valence-electron chi connectivity index (χ4n) is 2.15. The van der Waals surface area contributed by atoms with Gasteiger partial charge in [-0.2, -0.15) is 17.6 Å². The molecular formula is C17H12F4N2O5. The lowest BCUT2D eigenvalue weighted by atomic mass is 10.1. The third-order valence-electron chi connectivity index (χ3n) is 3.39. The van der Waals surface area contributed by atoms with Crippen molar-refractivity contribution in [3.63, 3.8) is 0 Å². The lowest BCUT2D eigenvalue weighted by Crippen LogP contribution is -2.21. The number of nitrogens with one attached hydrogen (secondary N) is 1. The summed E-state index contributed by atoms with van der Waals surface area (Å²) in [5, 5.41) is 12.8. The van der Waals surface area contributed by atoms with E-state index in [1.807, 2.05) is 0 Å². The molecule has 0 atom stereocenters. The van der Waals surface area contributed by atoms with Gasteiger partial charge in [-0.1, -0.05) is 18.2 Å². The van der Waals surface area contributed by atoms with Crippen molar-refractivity contribution in [2.75, 3.05) is 11.9 Å². The highest BCUT2D eigenvalue weighted by Crippen LogP contribution is 2.29. The summed E-state index contributed by atoms with van der Waals surface area (Å²) in [6.45, 7) is -0.775. The average molecular weight is 400 g/mol. The number of ether oxygens (including phenoxy) is 1. The molecule has 28 heavy (non-hydrogen) atoms. The molecule has 0 aromatic heterocycles. The highest BCUT2D eigenvalue weighted by molar-refractivity contribution is 5.93. The first-order chi connectivity index (χ1) is 13.1. The van der Waals surface area contributed by atoms with Gasteiger partial charge in [-0.25, -0.2) is 0 Å². The number of anilines is 1. The summed E-state index contributed by atoms with van der Waals surface area (Å²) >= 11 is 0. The molecule has 0 radical (unpaired) electrons. The Hall–Kier alpha value is -3.50. The highest BCUT2D eigenvalue weighted by atomic mass is 19.4. The molecule has 1 amide bonds. The van der Waals surface area contributed by atoms with E-state index in [-0.39, 0.29) is 11.3 Å². The Bertz CT molecular complexity index is 915. The third-order valence-corrected chi connectivity index (χ3v) is 3.39. The fourth-order valence-corrected chi connectivity index (χ4v) is 2.15. The van der Waals surface area contributed by atoms with Crippen LogP contribution in [0.2, 0.25) is 0 Å². The number of nitro benzene ring substituents is 1. The van der Waals surface area contributed by atoms with Crippen LogP contribution < -0.4 is 5.32 Å². The molecule has 0 fully saturated rings. The molecule has 11 heteroatoms. The number of alkyl halides is 3. The molecule has 0 spiro atoms. The van der Waals surface area contributed by atoms with E-state index in [0.29, 0.717) is 0 Å². The Kier molecular flexibility index (Phi) is 6.29. The molecule has 0 saturated heterocycles. The number of benzene rings is 2. The maximum Gasteiger partial charge on any atom is 0.416 e. The van der Waals surface area contributed by atoms with Crippen LogP contribution in [0.1, 0.15) is 11.1 Å². The summed E-state index contributed by atoms with van der Waals surface area (Å²) in [6, 6.07) is 6.73. The van der Waals surface area contributed by atoms with Gasteiger partial charge in [0.1, 0.15) is 0 Å². The number of amides is 1. The van der Waals surface area contributed by atoms with E-state index < -0.39 is 53.1 Å². The zero-order valence-electron chi connectivity index (χ0n) is 14.0. The van der Waals surface area contributed by atoms with Gasteiger partial charge in [0.05, 0.1) is 16.9 Å². The second-order valence-corrected chi connectivity index (χ2v) is 5.51. The molecule has 1 N–H and O–H groups in total. The first-order valence-corrected chi connectivity index (χ1v) is 7.62. The van der Waals surface area contributed by atoms with Gasteiger partial charge in [-0.3, -0.25) is 19.7 Å². The van der Waals surface area contributed by atoms with Crippen LogP contribution in [0.25, 0.3) is 0 Å². The fraction of sp³-hybridized carbons (Fsp3) is 0.176. The van der Waals surface area contributed by atoms with Crippen molar-refractivity contribution < 1.29 is 36.8 Å². The van der Waals surface area contributed by atoms with E-state index in [2.05, 4.69) is 10.1 Å². The molecule has 148 valence electrons. The van der Waals surface area contributed by atoms with Gasteiger partial charge in [0.25, 0.3) is 5.91 Å². The number of halogens is 4. The molecule has 0 bridgehead atoms. The van der Waals surface area contributed by atoms with Gasteiger partial charge < -0.3 is 10.1 Å². The molecule has 0 aliphatic heterocycles. The van der Waals surface area contributed by atoms with E-state index in [9.17, 15) is 37.3 Å². The number of nitrogens with zero attached hydrogens (tertiary/aromatic N) is 1. The molecule has 0 aliphatic rings. The van der Waals surface area contributed by atoms with Crippen molar-refractivity contribution in [3.8, 4) is 0 Å². The van der Waals surface area contributed by atoms with Crippen LogP contribution in [-0.4, -0.2) is 23.4 Å².